The van der Waals surface area contributed by atoms with Gasteiger partial charge in [-0.25, -0.2) is 4.98 Å². The van der Waals surface area contributed by atoms with Crippen molar-refractivity contribution < 1.29 is 14.3 Å². The number of aryl methyl sites for hydroxylation is 1. The Hall–Kier alpha value is -3.22. The van der Waals surface area contributed by atoms with E-state index in [-0.39, 0.29) is 11.8 Å². The summed E-state index contributed by atoms with van der Waals surface area (Å²) in [5.41, 5.74) is 9.52. The molecule has 0 atom stereocenters. The number of aromatic nitrogens is 3. The van der Waals surface area contributed by atoms with E-state index in [4.69, 9.17) is 19.9 Å². The maximum absolute atomic E-state index is 9.98. The molecular formula is C18H16N4O3. The summed E-state index contributed by atoms with van der Waals surface area (Å²) in [6.45, 7) is 1.48. The lowest BCUT2D eigenvalue weighted by molar-refractivity contribution is 0.298. The van der Waals surface area contributed by atoms with Crippen molar-refractivity contribution >= 4 is 28.1 Å². The predicted octanol–water partition coefficient (Wildman–Crippen LogP) is 3.30. The molecule has 4 aromatic rings. The van der Waals surface area contributed by atoms with Gasteiger partial charge in [-0.15, -0.1) is 0 Å². The van der Waals surface area contributed by atoms with Crippen molar-refractivity contribution in [3.8, 4) is 22.9 Å². The number of nitrogens with two attached hydrogens (primary N) is 1. The summed E-state index contributed by atoms with van der Waals surface area (Å²) in [5, 5.41) is 9.98. The van der Waals surface area contributed by atoms with Crippen LogP contribution in [0.2, 0.25) is 0 Å². The Morgan fingerprint density at radius 1 is 1.08 bits per heavy atom. The quantitative estimate of drug-likeness (QED) is 0.553. The van der Waals surface area contributed by atoms with E-state index in [1.807, 2.05) is 18.2 Å². The van der Waals surface area contributed by atoms with E-state index in [1.54, 1.807) is 12.1 Å². The second-order valence-electron chi connectivity index (χ2n) is 6.19. The van der Waals surface area contributed by atoms with E-state index in [2.05, 4.69) is 9.55 Å². The molecule has 0 aliphatic carbocycles. The van der Waals surface area contributed by atoms with Crippen molar-refractivity contribution in [1.29, 1.82) is 0 Å². The number of aromatic hydroxyl groups is 1. The average Bonchev–Trinajstić information content (AvgIpc) is 3.10. The first-order valence-corrected chi connectivity index (χ1v) is 8.21. The molecule has 0 spiro atoms. The van der Waals surface area contributed by atoms with Crippen LogP contribution >= 0.6 is 0 Å². The molecule has 1 aliphatic heterocycles. The van der Waals surface area contributed by atoms with Crippen LogP contribution in [-0.4, -0.2) is 26.2 Å². The van der Waals surface area contributed by atoms with Gasteiger partial charge in [0.25, 0.3) is 6.01 Å². The van der Waals surface area contributed by atoms with Crippen LogP contribution in [0.4, 0.5) is 6.01 Å². The lowest BCUT2D eigenvalue weighted by Gasteiger charge is -2.16. The molecule has 0 unspecified atom stereocenters. The maximum atomic E-state index is 9.98. The minimum Gasteiger partial charge on any atom is -0.508 e. The van der Waals surface area contributed by atoms with E-state index in [0.29, 0.717) is 29.0 Å². The number of ether oxygens (including phenoxy) is 1. The minimum atomic E-state index is 0.149. The molecule has 25 heavy (non-hydrogen) atoms. The molecule has 5 rings (SSSR count). The third-order valence-corrected chi connectivity index (χ3v) is 4.49. The number of nitrogens with zero attached hydrogens (tertiary/aromatic N) is 3. The molecule has 7 nitrogen and oxygen atoms in total. The van der Waals surface area contributed by atoms with Crippen molar-refractivity contribution in [2.24, 2.45) is 0 Å². The zero-order valence-electron chi connectivity index (χ0n) is 13.4. The number of hydrogen-bond donors (Lipinski definition) is 2. The fourth-order valence-corrected chi connectivity index (χ4v) is 3.40. The zero-order chi connectivity index (χ0) is 17.0. The summed E-state index contributed by atoms with van der Waals surface area (Å²) >= 11 is 0. The molecule has 3 N–H and O–H groups in total. The van der Waals surface area contributed by atoms with Gasteiger partial charge in [-0.05, 0) is 31.0 Å². The number of nitrogen functional groups attached to an aromatic ring is 1. The Bertz CT molecular complexity index is 1110. The summed E-state index contributed by atoms with van der Waals surface area (Å²) < 4.78 is 13.3. The Balaban J connectivity index is 1.78. The van der Waals surface area contributed by atoms with E-state index in [0.717, 1.165) is 36.3 Å². The van der Waals surface area contributed by atoms with Gasteiger partial charge in [0, 0.05) is 24.2 Å². The molecule has 0 bridgehead atoms. The second kappa shape index (κ2) is 5.14. The summed E-state index contributed by atoms with van der Waals surface area (Å²) in [6.07, 6.45) is 1.95. The van der Waals surface area contributed by atoms with Crippen LogP contribution in [-0.2, 0) is 6.54 Å². The monoisotopic (exact) mass is 336 g/mol. The summed E-state index contributed by atoms with van der Waals surface area (Å²) in [7, 11) is 0. The standard InChI is InChI=1S/C18H16N4O3/c19-18-21-12-7-10(3-4-14(12)25-18)17-20-13-8-11(23)9-15-16(13)22(17)5-1-2-6-24-15/h3-4,7-9,23H,1-2,5-6H2,(H2,19,21). The van der Waals surface area contributed by atoms with Gasteiger partial charge in [-0.2, -0.15) is 4.98 Å². The average molecular weight is 336 g/mol. The van der Waals surface area contributed by atoms with E-state index in [1.165, 1.54) is 0 Å². The Kier molecular flexibility index (Phi) is 2.91. The van der Waals surface area contributed by atoms with Gasteiger partial charge in [0.05, 0.1) is 12.1 Å². The highest BCUT2D eigenvalue weighted by molar-refractivity contribution is 5.89. The lowest BCUT2D eigenvalue weighted by Crippen LogP contribution is -2.08. The van der Waals surface area contributed by atoms with Crippen LogP contribution in [0.1, 0.15) is 12.8 Å². The molecule has 0 radical (unpaired) electrons. The normalized spacial score (nSPS) is 14.4. The van der Waals surface area contributed by atoms with Crippen LogP contribution in [0.15, 0.2) is 34.7 Å². The Morgan fingerprint density at radius 3 is 2.92 bits per heavy atom. The molecule has 2 aromatic carbocycles. The number of fused-ring (bicyclic) bond motifs is 1. The SMILES string of the molecule is Nc1nc2cc(-c3nc4cc(O)cc5c4n3CCCCO5)ccc2o1. The molecule has 0 saturated heterocycles. The lowest BCUT2D eigenvalue weighted by atomic mass is 10.2. The highest BCUT2D eigenvalue weighted by Gasteiger charge is 2.20. The smallest absolute Gasteiger partial charge is 0.292 e. The van der Waals surface area contributed by atoms with Crippen LogP contribution in [0.25, 0.3) is 33.5 Å². The molecule has 0 fully saturated rings. The molecule has 7 heteroatoms. The Morgan fingerprint density at radius 2 is 2.00 bits per heavy atom. The molecule has 0 amide bonds. The first-order chi connectivity index (χ1) is 12.2. The second-order valence-corrected chi connectivity index (χ2v) is 6.19. The van der Waals surface area contributed by atoms with Crippen LogP contribution in [0.3, 0.4) is 0 Å². The summed E-state index contributed by atoms with van der Waals surface area (Å²) in [5.74, 6) is 1.63. The van der Waals surface area contributed by atoms with Gasteiger partial charge in [0.2, 0.25) is 0 Å². The predicted molar refractivity (Wildman–Crippen MR) is 93.5 cm³/mol. The number of hydrogen-bond acceptors (Lipinski definition) is 6. The molecule has 126 valence electrons. The van der Waals surface area contributed by atoms with Crippen molar-refractivity contribution in [3.05, 3.63) is 30.3 Å². The number of phenols is 1. The fraction of sp³-hybridized carbons (Fsp3) is 0.222. The first-order valence-electron chi connectivity index (χ1n) is 8.21. The highest BCUT2D eigenvalue weighted by Crippen LogP contribution is 2.36. The van der Waals surface area contributed by atoms with E-state index >= 15 is 0 Å². The van der Waals surface area contributed by atoms with Crippen molar-refractivity contribution in [3.63, 3.8) is 0 Å². The number of anilines is 1. The summed E-state index contributed by atoms with van der Waals surface area (Å²) in [4.78, 5) is 8.94. The van der Waals surface area contributed by atoms with E-state index in [9.17, 15) is 5.11 Å². The number of rotatable bonds is 1. The van der Waals surface area contributed by atoms with Crippen molar-refractivity contribution in [2.45, 2.75) is 19.4 Å². The number of imidazole rings is 1. The maximum Gasteiger partial charge on any atom is 0.292 e. The Labute approximate surface area is 142 Å². The van der Waals surface area contributed by atoms with Gasteiger partial charge >= 0.3 is 0 Å². The van der Waals surface area contributed by atoms with Gasteiger partial charge in [-0.1, -0.05) is 0 Å². The van der Waals surface area contributed by atoms with Crippen molar-refractivity contribution in [1.82, 2.24) is 14.5 Å². The minimum absolute atomic E-state index is 0.149. The third-order valence-electron chi connectivity index (χ3n) is 4.49. The molecule has 2 aromatic heterocycles. The molecular weight excluding hydrogens is 320 g/mol. The van der Waals surface area contributed by atoms with Crippen LogP contribution in [0, 0.1) is 0 Å². The summed E-state index contributed by atoms with van der Waals surface area (Å²) in [6, 6.07) is 9.16. The van der Waals surface area contributed by atoms with Gasteiger partial charge in [-0.3, -0.25) is 0 Å². The van der Waals surface area contributed by atoms with Crippen LogP contribution < -0.4 is 10.5 Å². The highest BCUT2D eigenvalue weighted by atomic mass is 16.5. The van der Waals surface area contributed by atoms with Gasteiger partial charge in [0.1, 0.15) is 28.4 Å². The van der Waals surface area contributed by atoms with E-state index < -0.39 is 0 Å². The first kappa shape index (κ1) is 14.2. The zero-order valence-corrected chi connectivity index (χ0v) is 13.4. The number of phenolic OH excluding ortho intramolecular Hbond substituents is 1. The van der Waals surface area contributed by atoms with Crippen LogP contribution in [0.5, 0.6) is 11.5 Å². The fourth-order valence-electron chi connectivity index (χ4n) is 3.40. The molecule has 0 saturated carbocycles. The molecule has 1 aliphatic rings. The topological polar surface area (TPSA) is 99.3 Å². The number of oxazole rings is 1. The largest absolute Gasteiger partial charge is 0.508 e. The molecule has 3 heterocycles. The van der Waals surface area contributed by atoms with Gasteiger partial charge < -0.3 is 24.6 Å². The third kappa shape index (κ3) is 2.20. The van der Waals surface area contributed by atoms with Crippen molar-refractivity contribution in [2.75, 3.05) is 12.3 Å². The van der Waals surface area contributed by atoms with Gasteiger partial charge in [0.15, 0.2) is 5.58 Å². The number of benzene rings is 2.